The molecular weight excluding hydrogens is 388 g/mol. The normalized spacial score (nSPS) is 12.9. The molecule has 4 heterocycles. The van der Waals surface area contributed by atoms with Crippen LogP contribution >= 0.6 is 0 Å². The summed E-state index contributed by atoms with van der Waals surface area (Å²) in [6.07, 6.45) is 10.7. The lowest BCUT2D eigenvalue weighted by atomic mass is 10.0. The molecule has 0 bridgehead atoms. The Hall–Kier alpha value is -4.00. The summed E-state index contributed by atoms with van der Waals surface area (Å²) in [4.78, 5) is 22.4. The summed E-state index contributed by atoms with van der Waals surface area (Å²) < 4.78 is 5.12. The summed E-state index contributed by atoms with van der Waals surface area (Å²) in [7, 11) is 3.64. The molecule has 31 heavy (non-hydrogen) atoms. The largest absolute Gasteiger partial charge is 0.333 e. The molecule has 0 aliphatic heterocycles. The molecule has 0 amide bonds. The van der Waals surface area contributed by atoms with Crippen LogP contribution in [0.4, 0.5) is 0 Å². The number of hydrogen-bond acceptors (Lipinski definition) is 4. The van der Waals surface area contributed by atoms with Crippen LogP contribution in [-0.2, 0) is 20.5 Å². The molecule has 7 heteroatoms. The Morgan fingerprint density at radius 1 is 1.03 bits per heavy atom. The highest BCUT2D eigenvalue weighted by atomic mass is 16.1. The third-order valence-electron chi connectivity index (χ3n) is 6.06. The molecule has 4 aromatic heterocycles. The van der Waals surface area contributed by atoms with E-state index in [1.54, 1.807) is 27.1 Å². The molecule has 0 atom stereocenters. The molecule has 6 rings (SSSR count). The number of benzene rings is 1. The van der Waals surface area contributed by atoms with Crippen molar-refractivity contribution in [3.05, 3.63) is 76.4 Å². The molecule has 7 nitrogen and oxygen atoms in total. The zero-order chi connectivity index (χ0) is 21.3. The van der Waals surface area contributed by atoms with Gasteiger partial charge in [-0.15, -0.1) is 0 Å². The van der Waals surface area contributed by atoms with Crippen molar-refractivity contribution in [1.29, 1.82) is 0 Å². The minimum atomic E-state index is -0.115. The lowest BCUT2D eigenvalue weighted by Gasteiger charge is -2.08. The van der Waals surface area contributed by atoms with Crippen LogP contribution in [-0.4, -0.2) is 28.9 Å². The Morgan fingerprint density at radius 2 is 1.90 bits per heavy atom. The van der Waals surface area contributed by atoms with Crippen LogP contribution in [0, 0.1) is 6.92 Å². The van der Waals surface area contributed by atoms with E-state index in [9.17, 15) is 4.79 Å². The molecule has 0 N–H and O–H groups in total. The van der Waals surface area contributed by atoms with Gasteiger partial charge in [0.05, 0.1) is 39.8 Å². The number of rotatable bonds is 2. The fourth-order valence-electron chi connectivity index (χ4n) is 4.50. The first-order valence-corrected chi connectivity index (χ1v) is 10.2. The smallest absolute Gasteiger partial charge is 0.293 e. The first kappa shape index (κ1) is 17.8. The van der Waals surface area contributed by atoms with Crippen molar-refractivity contribution in [2.75, 3.05) is 0 Å². The molecule has 0 saturated heterocycles. The van der Waals surface area contributed by atoms with Crippen LogP contribution in [0.3, 0.4) is 0 Å². The number of aromatic nitrogens is 6. The van der Waals surface area contributed by atoms with E-state index in [2.05, 4.69) is 45.4 Å². The highest BCUT2D eigenvalue weighted by Gasteiger charge is 2.19. The fraction of sp³-hybridized carbons (Fsp3) is 0.167. The number of imidazole rings is 1. The maximum absolute atomic E-state index is 13.2. The van der Waals surface area contributed by atoms with Crippen molar-refractivity contribution < 1.29 is 0 Å². The molecular formula is C24H20N6O. The minimum absolute atomic E-state index is 0.115. The van der Waals surface area contributed by atoms with Gasteiger partial charge in [0.15, 0.2) is 0 Å². The van der Waals surface area contributed by atoms with Gasteiger partial charge in [0, 0.05) is 37.4 Å². The average molecular weight is 408 g/mol. The summed E-state index contributed by atoms with van der Waals surface area (Å²) in [6, 6.07) is 8.37. The fourth-order valence-corrected chi connectivity index (χ4v) is 4.50. The third kappa shape index (κ3) is 2.53. The van der Waals surface area contributed by atoms with Crippen molar-refractivity contribution >= 4 is 28.0 Å². The van der Waals surface area contributed by atoms with Crippen molar-refractivity contribution in [3.63, 3.8) is 0 Å². The molecule has 1 aliphatic carbocycles. The van der Waals surface area contributed by atoms with E-state index in [0.29, 0.717) is 0 Å². The summed E-state index contributed by atoms with van der Waals surface area (Å²) >= 11 is 0. The number of pyridine rings is 2. The van der Waals surface area contributed by atoms with Crippen LogP contribution in [0.2, 0.25) is 0 Å². The van der Waals surface area contributed by atoms with Crippen LogP contribution in [0.1, 0.15) is 17.0 Å². The second-order valence-electron chi connectivity index (χ2n) is 8.05. The highest BCUT2D eigenvalue weighted by molar-refractivity contribution is 6.04. The van der Waals surface area contributed by atoms with Crippen LogP contribution in [0.5, 0.6) is 0 Å². The zero-order valence-electron chi connectivity index (χ0n) is 17.5. The molecule has 5 aromatic rings. The van der Waals surface area contributed by atoms with Crippen molar-refractivity contribution in [3.8, 4) is 16.8 Å². The molecule has 1 aliphatic rings. The van der Waals surface area contributed by atoms with Crippen LogP contribution in [0.25, 0.3) is 44.8 Å². The molecule has 1 aromatic carbocycles. The standard InChI is InChI=1S/C24H20N6O/c1-14-22(13-28(2)27-14)30-23-18-10-15(17-9-16-5-4-6-19(16)25-11-17)7-8-20(18)26-12-21(23)29(3)24(30)31/h4,6-13H,5H2,1-3H3. The number of allylic oxidation sites excluding steroid dienone is 1. The van der Waals surface area contributed by atoms with Crippen molar-refractivity contribution in [2.24, 2.45) is 14.1 Å². The lowest BCUT2D eigenvalue weighted by Crippen LogP contribution is -2.21. The Morgan fingerprint density at radius 3 is 2.71 bits per heavy atom. The summed E-state index contributed by atoms with van der Waals surface area (Å²) in [5.74, 6) is 0. The topological polar surface area (TPSA) is 70.5 Å². The van der Waals surface area contributed by atoms with Gasteiger partial charge in [-0.1, -0.05) is 12.1 Å². The van der Waals surface area contributed by atoms with E-state index in [-0.39, 0.29) is 5.69 Å². The Labute approximate surface area is 177 Å². The number of fused-ring (bicyclic) bond motifs is 4. The quantitative estimate of drug-likeness (QED) is 0.448. The molecule has 152 valence electrons. The first-order chi connectivity index (χ1) is 15.0. The van der Waals surface area contributed by atoms with E-state index >= 15 is 0 Å². The average Bonchev–Trinajstić information content (AvgIpc) is 3.44. The lowest BCUT2D eigenvalue weighted by molar-refractivity contribution is 0.756. The van der Waals surface area contributed by atoms with Gasteiger partial charge in [0.25, 0.3) is 0 Å². The Kier molecular flexibility index (Phi) is 3.59. The van der Waals surface area contributed by atoms with Gasteiger partial charge in [-0.3, -0.25) is 23.8 Å². The predicted molar refractivity (Wildman–Crippen MR) is 121 cm³/mol. The number of nitrogens with zero attached hydrogens (tertiary/aromatic N) is 6. The van der Waals surface area contributed by atoms with Gasteiger partial charge >= 0.3 is 5.69 Å². The maximum atomic E-state index is 13.2. The molecule has 0 radical (unpaired) electrons. The summed E-state index contributed by atoms with van der Waals surface area (Å²) in [6.45, 7) is 1.92. The van der Waals surface area contributed by atoms with Crippen LogP contribution < -0.4 is 5.69 Å². The second-order valence-corrected chi connectivity index (χ2v) is 8.05. The molecule has 0 fully saturated rings. The predicted octanol–water partition coefficient (Wildman–Crippen LogP) is 3.55. The van der Waals surface area contributed by atoms with Gasteiger partial charge in [0.1, 0.15) is 0 Å². The number of aryl methyl sites for hydroxylation is 3. The van der Waals surface area contributed by atoms with Crippen molar-refractivity contribution in [1.82, 2.24) is 28.9 Å². The first-order valence-electron chi connectivity index (χ1n) is 10.2. The summed E-state index contributed by atoms with van der Waals surface area (Å²) in [5.41, 5.74) is 8.31. The van der Waals surface area contributed by atoms with E-state index in [4.69, 9.17) is 0 Å². The van der Waals surface area contributed by atoms with E-state index in [1.165, 1.54) is 5.56 Å². The maximum Gasteiger partial charge on any atom is 0.333 e. The molecule has 0 saturated carbocycles. The monoisotopic (exact) mass is 408 g/mol. The molecule has 0 unspecified atom stereocenters. The summed E-state index contributed by atoms with van der Waals surface area (Å²) in [5, 5.41) is 5.37. The van der Waals surface area contributed by atoms with Crippen molar-refractivity contribution in [2.45, 2.75) is 13.3 Å². The second kappa shape index (κ2) is 6.25. The van der Waals surface area contributed by atoms with Gasteiger partial charge in [-0.2, -0.15) is 5.10 Å². The van der Waals surface area contributed by atoms with E-state index in [0.717, 1.165) is 56.6 Å². The van der Waals surface area contributed by atoms with Gasteiger partial charge in [-0.05, 0) is 48.7 Å². The zero-order valence-corrected chi connectivity index (χ0v) is 17.5. The third-order valence-corrected chi connectivity index (χ3v) is 6.06. The minimum Gasteiger partial charge on any atom is -0.293 e. The number of hydrogen-bond donors (Lipinski definition) is 0. The van der Waals surface area contributed by atoms with Gasteiger partial charge in [-0.25, -0.2) is 4.79 Å². The SMILES string of the molecule is Cc1nn(C)cc1-n1c(=O)n(C)c2cnc3ccc(-c4cnc5c(c4)CC=C5)cc3c21. The van der Waals surface area contributed by atoms with Gasteiger partial charge in [0.2, 0.25) is 0 Å². The Balaban J connectivity index is 1.67. The highest BCUT2D eigenvalue weighted by Crippen LogP contribution is 2.31. The van der Waals surface area contributed by atoms with Crippen LogP contribution in [0.15, 0.2) is 53.7 Å². The Bertz CT molecular complexity index is 1620. The van der Waals surface area contributed by atoms with E-state index in [1.807, 2.05) is 32.4 Å². The molecule has 0 spiro atoms. The van der Waals surface area contributed by atoms with Gasteiger partial charge < -0.3 is 0 Å². The van der Waals surface area contributed by atoms with E-state index < -0.39 is 0 Å².